The van der Waals surface area contributed by atoms with Crippen LogP contribution in [0.15, 0.2) is 54.7 Å². The standard InChI is InChI=1S/C17H11FN2O/c18-15-8-4-3-7-14(15)17(21)20-10-9-12-5-1-2-6-13(12)16(20)11-19/h1-10,16H/t16-/m0/s1. The van der Waals surface area contributed by atoms with Gasteiger partial charge in [-0.3, -0.25) is 9.69 Å². The molecular formula is C17H11FN2O. The Morgan fingerprint density at radius 2 is 1.86 bits per heavy atom. The molecule has 1 aliphatic rings. The maximum absolute atomic E-state index is 13.8. The van der Waals surface area contributed by atoms with E-state index in [-0.39, 0.29) is 5.56 Å². The smallest absolute Gasteiger partial charge is 0.262 e. The number of fused-ring (bicyclic) bond motifs is 1. The van der Waals surface area contributed by atoms with Crippen molar-refractivity contribution in [1.29, 1.82) is 5.26 Å². The molecule has 1 amide bonds. The molecule has 2 aromatic carbocycles. The van der Waals surface area contributed by atoms with Crippen LogP contribution >= 0.6 is 0 Å². The van der Waals surface area contributed by atoms with Crippen LogP contribution in [0, 0.1) is 17.1 Å². The first kappa shape index (κ1) is 13.1. The van der Waals surface area contributed by atoms with Crippen LogP contribution in [0.4, 0.5) is 4.39 Å². The van der Waals surface area contributed by atoms with E-state index in [1.165, 1.54) is 29.3 Å². The van der Waals surface area contributed by atoms with E-state index in [1.54, 1.807) is 18.2 Å². The lowest BCUT2D eigenvalue weighted by Gasteiger charge is -2.28. The first-order chi connectivity index (χ1) is 10.2. The zero-order valence-corrected chi connectivity index (χ0v) is 11.0. The predicted octanol–water partition coefficient (Wildman–Crippen LogP) is 3.52. The fourth-order valence-electron chi connectivity index (χ4n) is 2.40. The summed E-state index contributed by atoms with van der Waals surface area (Å²) in [7, 11) is 0. The van der Waals surface area contributed by atoms with Gasteiger partial charge in [-0.05, 0) is 29.3 Å². The van der Waals surface area contributed by atoms with E-state index in [2.05, 4.69) is 6.07 Å². The molecule has 21 heavy (non-hydrogen) atoms. The van der Waals surface area contributed by atoms with E-state index in [1.807, 2.05) is 18.2 Å². The molecule has 4 heteroatoms. The van der Waals surface area contributed by atoms with Gasteiger partial charge in [-0.1, -0.05) is 36.4 Å². The molecule has 0 saturated heterocycles. The highest BCUT2D eigenvalue weighted by Crippen LogP contribution is 2.31. The zero-order valence-electron chi connectivity index (χ0n) is 11.0. The summed E-state index contributed by atoms with van der Waals surface area (Å²) in [5.41, 5.74) is 1.59. The number of halogens is 1. The van der Waals surface area contributed by atoms with Gasteiger partial charge in [-0.2, -0.15) is 5.26 Å². The van der Waals surface area contributed by atoms with Gasteiger partial charge in [0.05, 0.1) is 11.6 Å². The second-order valence-electron chi connectivity index (χ2n) is 4.67. The highest BCUT2D eigenvalue weighted by Gasteiger charge is 2.29. The van der Waals surface area contributed by atoms with Crippen molar-refractivity contribution in [2.75, 3.05) is 0 Å². The summed E-state index contributed by atoms with van der Waals surface area (Å²) >= 11 is 0. The van der Waals surface area contributed by atoms with E-state index in [9.17, 15) is 14.4 Å². The van der Waals surface area contributed by atoms with Gasteiger partial charge in [-0.15, -0.1) is 0 Å². The first-order valence-corrected chi connectivity index (χ1v) is 6.46. The number of nitrogens with zero attached hydrogens (tertiary/aromatic N) is 2. The van der Waals surface area contributed by atoms with Crippen LogP contribution in [0.25, 0.3) is 6.08 Å². The predicted molar refractivity (Wildman–Crippen MR) is 76.4 cm³/mol. The van der Waals surface area contributed by atoms with Gasteiger partial charge in [0, 0.05) is 6.20 Å². The minimum atomic E-state index is -0.752. The van der Waals surface area contributed by atoms with Crippen LogP contribution in [0.1, 0.15) is 27.5 Å². The second kappa shape index (κ2) is 5.22. The Bertz CT molecular complexity index is 776. The number of carbonyl (C=O) groups is 1. The van der Waals surface area contributed by atoms with E-state index < -0.39 is 17.8 Å². The molecule has 1 heterocycles. The molecule has 0 aromatic heterocycles. The van der Waals surface area contributed by atoms with Gasteiger partial charge in [0.1, 0.15) is 11.9 Å². The number of nitriles is 1. The van der Waals surface area contributed by atoms with Gasteiger partial charge >= 0.3 is 0 Å². The summed E-state index contributed by atoms with van der Waals surface area (Å²) < 4.78 is 13.8. The molecule has 1 aliphatic heterocycles. The molecule has 102 valence electrons. The maximum atomic E-state index is 13.8. The minimum Gasteiger partial charge on any atom is -0.294 e. The van der Waals surface area contributed by atoms with Crippen LogP contribution in [0.3, 0.4) is 0 Å². The number of benzene rings is 2. The third-order valence-electron chi connectivity index (χ3n) is 3.44. The molecule has 0 N–H and O–H groups in total. The van der Waals surface area contributed by atoms with Gasteiger partial charge in [0.25, 0.3) is 5.91 Å². The number of carbonyl (C=O) groups excluding carboxylic acids is 1. The Morgan fingerprint density at radius 3 is 2.62 bits per heavy atom. The van der Waals surface area contributed by atoms with Crippen molar-refractivity contribution in [2.45, 2.75) is 6.04 Å². The van der Waals surface area contributed by atoms with Gasteiger partial charge in [0.2, 0.25) is 0 Å². The van der Waals surface area contributed by atoms with Crippen LogP contribution in [0.5, 0.6) is 0 Å². The van der Waals surface area contributed by atoms with Crippen molar-refractivity contribution in [3.8, 4) is 6.07 Å². The Morgan fingerprint density at radius 1 is 1.14 bits per heavy atom. The lowest BCUT2D eigenvalue weighted by atomic mass is 9.96. The highest BCUT2D eigenvalue weighted by atomic mass is 19.1. The summed E-state index contributed by atoms with van der Waals surface area (Å²) in [4.78, 5) is 13.7. The zero-order chi connectivity index (χ0) is 14.8. The minimum absolute atomic E-state index is 0.0400. The van der Waals surface area contributed by atoms with Crippen molar-refractivity contribution in [3.63, 3.8) is 0 Å². The molecule has 1 atom stereocenters. The molecule has 0 fully saturated rings. The van der Waals surface area contributed by atoms with Crippen LogP contribution in [-0.2, 0) is 0 Å². The fourth-order valence-corrected chi connectivity index (χ4v) is 2.40. The Balaban J connectivity index is 2.03. The monoisotopic (exact) mass is 278 g/mol. The van der Waals surface area contributed by atoms with Gasteiger partial charge in [-0.25, -0.2) is 4.39 Å². The highest BCUT2D eigenvalue weighted by molar-refractivity contribution is 5.96. The third-order valence-corrected chi connectivity index (χ3v) is 3.44. The summed E-state index contributed by atoms with van der Waals surface area (Å²) in [6.45, 7) is 0. The van der Waals surface area contributed by atoms with E-state index in [0.29, 0.717) is 0 Å². The summed E-state index contributed by atoms with van der Waals surface area (Å²) in [6, 6.07) is 14.5. The van der Waals surface area contributed by atoms with Gasteiger partial charge in [0.15, 0.2) is 0 Å². The molecular weight excluding hydrogens is 267 g/mol. The topological polar surface area (TPSA) is 44.1 Å². The van der Waals surface area contributed by atoms with Crippen molar-refractivity contribution in [1.82, 2.24) is 4.90 Å². The van der Waals surface area contributed by atoms with Crippen molar-refractivity contribution in [2.24, 2.45) is 0 Å². The molecule has 0 radical (unpaired) electrons. The Hall–Kier alpha value is -2.93. The lowest BCUT2D eigenvalue weighted by Crippen LogP contribution is -2.32. The van der Waals surface area contributed by atoms with Crippen LogP contribution < -0.4 is 0 Å². The van der Waals surface area contributed by atoms with Crippen molar-refractivity contribution in [3.05, 3.63) is 77.2 Å². The largest absolute Gasteiger partial charge is 0.294 e. The molecule has 0 bridgehead atoms. The molecule has 0 spiro atoms. The molecule has 3 nitrogen and oxygen atoms in total. The number of hydrogen-bond acceptors (Lipinski definition) is 2. The molecule has 3 rings (SSSR count). The first-order valence-electron chi connectivity index (χ1n) is 6.46. The molecule has 0 unspecified atom stereocenters. The molecule has 2 aromatic rings. The average Bonchev–Trinajstić information content (AvgIpc) is 2.53. The Kier molecular flexibility index (Phi) is 3.25. The van der Waals surface area contributed by atoms with E-state index in [0.717, 1.165) is 11.1 Å². The summed E-state index contributed by atoms with van der Waals surface area (Å²) in [5.74, 6) is -1.11. The van der Waals surface area contributed by atoms with Crippen LogP contribution in [0.2, 0.25) is 0 Å². The van der Waals surface area contributed by atoms with Crippen LogP contribution in [-0.4, -0.2) is 10.8 Å². The fraction of sp³-hybridized carbons (Fsp3) is 0.0588. The normalized spacial score (nSPS) is 16.2. The molecule has 0 aliphatic carbocycles. The number of rotatable bonds is 1. The molecule has 0 saturated carbocycles. The summed E-state index contributed by atoms with van der Waals surface area (Å²) in [5, 5.41) is 9.40. The van der Waals surface area contributed by atoms with E-state index in [4.69, 9.17) is 0 Å². The SMILES string of the molecule is N#C[C@H]1c2ccccc2C=CN1C(=O)c1ccccc1F. The lowest BCUT2D eigenvalue weighted by molar-refractivity contribution is 0.0789. The number of hydrogen-bond donors (Lipinski definition) is 0. The third kappa shape index (κ3) is 2.19. The summed E-state index contributed by atoms with van der Waals surface area (Å²) in [6.07, 6.45) is 3.28. The number of amides is 1. The van der Waals surface area contributed by atoms with Crippen molar-refractivity contribution < 1.29 is 9.18 Å². The van der Waals surface area contributed by atoms with E-state index >= 15 is 0 Å². The van der Waals surface area contributed by atoms with Gasteiger partial charge < -0.3 is 0 Å². The Labute approximate surface area is 121 Å². The van der Waals surface area contributed by atoms with Crippen molar-refractivity contribution >= 4 is 12.0 Å². The maximum Gasteiger partial charge on any atom is 0.262 e. The quantitative estimate of drug-likeness (QED) is 0.801. The second-order valence-corrected chi connectivity index (χ2v) is 4.67. The average molecular weight is 278 g/mol.